The predicted octanol–water partition coefficient (Wildman–Crippen LogP) is 3.60. The van der Waals surface area contributed by atoms with Crippen LogP contribution < -0.4 is 4.90 Å². The van der Waals surface area contributed by atoms with Gasteiger partial charge in [-0.3, -0.25) is 24.2 Å². The molecule has 0 unspecified atom stereocenters. The number of nitrogens with zero attached hydrogens (tertiary/aromatic N) is 2. The van der Waals surface area contributed by atoms with Crippen molar-refractivity contribution in [2.75, 3.05) is 11.6 Å². The number of anilines is 1. The van der Waals surface area contributed by atoms with E-state index in [-0.39, 0.29) is 17.6 Å². The highest BCUT2D eigenvalue weighted by Crippen LogP contribution is 2.29. The number of rotatable bonds is 3. The summed E-state index contributed by atoms with van der Waals surface area (Å²) in [6.45, 7) is 1.15. The molecule has 1 heterocycles. The third kappa shape index (κ3) is 2.77. The first-order valence-electron chi connectivity index (χ1n) is 7.08. The van der Waals surface area contributed by atoms with Crippen LogP contribution in [-0.4, -0.2) is 29.3 Å². The molecule has 0 bridgehead atoms. The lowest BCUT2D eigenvalue weighted by Crippen LogP contribution is -2.43. The fraction of sp³-hybridized carbons (Fsp3) is 0.118. The highest BCUT2D eigenvalue weighted by molar-refractivity contribution is 6.42. The summed E-state index contributed by atoms with van der Waals surface area (Å²) >= 11 is 11.9. The molecule has 7 heteroatoms. The van der Waals surface area contributed by atoms with Crippen LogP contribution in [0.15, 0.2) is 42.5 Å². The van der Waals surface area contributed by atoms with E-state index in [1.54, 1.807) is 36.4 Å². The molecule has 0 atom stereocenters. The van der Waals surface area contributed by atoms with Gasteiger partial charge in [-0.15, -0.1) is 0 Å². The smallest absolute Gasteiger partial charge is 0.263 e. The number of imide groups is 1. The van der Waals surface area contributed by atoms with Crippen molar-refractivity contribution < 1.29 is 14.4 Å². The van der Waals surface area contributed by atoms with E-state index in [1.165, 1.54) is 17.9 Å². The molecule has 3 rings (SSSR count). The first-order valence-corrected chi connectivity index (χ1v) is 7.84. The monoisotopic (exact) mass is 362 g/mol. The second-order valence-electron chi connectivity index (χ2n) is 5.27. The topological polar surface area (TPSA) is 57.7 Å². The Kier molecular flexibility index (Phi) is 4.30. The van der Waals surface area contributed by atoms with Crippen molar-refractivity contribution in [3.8, 4) is 0 Å². The normalized spacial score (nSPS) is 13.2. The van der Waals surface area contributed by atoms with E-state index in [1.807, 2.05) is 0 Å². The molecule has 0 saturated carbocycles. The first kappa shape index (κ1) is 16.5. The Hall–Kier alpha value is -2.37. The molecule has 2 aromatic rings. The number of carbonyl (C=O) groups is 3. The van der Waals surface area contributed by atoms with Crippen LogP contribution in [0.4, 0.5) is 5.69 Å². The second kappa shape index (κ2) is 6.26. The van der Waals surface area contributed by atoms with Gasteiger partial charge in [0.05, 0.1) is 21.2 Å². The molecule has 0 fully saturated rings. The first-order chi connectivity index (χ1) is 11.4. The van der Waals surface area contributed by atoms with Gasteiger partial charge in [-0.1, -0.05) is 35.3 Å². The van der Waals surface area contributed by atoms with Crippen LogP contribution in [0.3, 0.4) is 0 Å². The number of fused-ring (bicyclic) bond motifs is 1. The van der Waals surface area contributed by atoms with Gasteiger partial charge in [0.15, 0.2) is 0 Å². The molecule has 1 aliphatic rings. The van der Waals surface area contributed by atoms with Crippen molar-refractivity contribution in [1.82, 2.24) is 4.90 Å². The zero-order chi connectivity index (χ0) is 17.4. The van der Waals surface area contributed by atoms with Crippen LogP contribution in [0.5, 0.6) is 0 Å². The highest BCUT2D eigenvalue weighted by Gasteiger charge is 2.36. The Morgan fingerprint density at radius 3 is 2.08 bits per heavy atom. The summed E-state index contributed by atoms with van der Waals surface area (Å²) in [5.74, 6) is -1.19. The summed E-state index contributed by atoms with van der Waals surface area (Å²) < 4.78 is 0. The fourth-order valence-electron chi connectivity index (χ4n) is 2.52. The average molecular weight is 363 g/mol. The van der Waals surface area contributed by atoms with Crippen molar-refractivity contribution in [3.05, 3.63) is 63.6 Å². The number of hydrogen-bond donors (Lipinski definition) is 0. The molecule has 1 aliphatic heterocycles. The van der Waals surface area contributed by atoms with Crippen molar-refractivity contribution in [1.29, 1.82) is 0 Å². The Balaban J connectivity index is 1.93. The molecule has 0 N–H and O–H groups in total. The standard InChI is InChI=1S/C17H12Cl2N2O3/c1-10(22)20(11-6-7-14(18)15(19)8-11)9-21-16(23)12-4-2-3-5-13(12)17(21)24/h2-8H,9H2,1H3. The van der Waals surface area contributed by atoms with Crippen molar-refractivity contribution >= 4 is 46.6 Å². The molecule has 122 valence electrons. The van der Waals surface area contributed by atoms with Crippen LogP contribution >= 0.6 is 23.2 Å². The van der Waals surface area contributed by atoms with Crippen molar-refractivity contribution in [2.45, 2.75) is 6.92 Å². The van der Waals surface area contributed by atoms with Gasteiger partial charge in [0.2, 0.25) is 5.91 Å². The van der Waals surface area contributed by atoms with E-state index >= 15 is 0 Å². The molecule has 0 aliphatic carbocycles. The molecule has 0 spiro atoms. The van der Waals surface area contributed by atoms with E-state index in [2.05, 4.69) is 0 Å². The summed E-state index contributed by atoms with van der Waals surface area (Å²) in [4.78, 5) is 39.2. The van der Waals surface area contributed by atoms with Crippen molar-refractivity contribution in [3.63, 3.8) is 0 Å². The molecular weight excluding hydrogens is 351 g/mol. The van der Waals surface area contributed by atoms with Gasteiger partial charge in [0.25, 0.3) is 11.8 Å². The number of amides is 3. The van der Waals surface area contributed by atoms with Gasteiger partial charge >= 0.3 is 0 Å². The molecular formula is C17H12Cl2N2O3. The minimum Gasteiger partial charge on any atom is -0.294 e. The molecule has 0 radical (unpaired) electrons. The van der Waals surface area contributed by atoms with E-state index in [9.17, 15) is 14.4 Å². The van der Waals surface area contributed by atoms with Crippen molar-refractivity contribution in [2.24, 2.45) is 0 Å². The minimum absolute atomic E-state index is 0.195. The molecule has 5 nitrogen and oxygen atoms in total. The molecule has 0 aromatic heterocycles. The third-order valence-corrected chi connectivity index (χ3v) is 4.50. The van der Waals surface area contributed by atoms with Crippen LogP contribution in [0.1, 0.15) is 27.6 Å². The zero-order valence-electron chi connectivity index (χ0n) is 12.6. The highest BCUT2D eigenvalue weighted by atomic mass is 35.5. The van der Waals surface area contributed by atoms with Crippen LogP contribution in [0, 0.1) is 0 Å². The number of halogens is 2. The van der Waals surface area contributed by atoms with E-state index in [0.717, 1.165) is 4.90 Å². The fourth-order valence-corrected chi connectivity index (χ4v) is 2.82. The van der Waals surface area contributed by atoms with Crippen LogP contribution in [0.2, 0.25) is 10.0 Å². The molecule has 0 saturated heterocycles. The second-order valence-corrected chi connectivity index (χ2v) is 6.09. The summed E-state index contributed by atoms with van der Waals surface area (Å²) in [5, 5.41) is 0.632. The minimum atomic E-state index is -0.429. The molecule has 3 amide bonds. The van der Waals surface area contributed by atoms with Gasteiger partial charge in [-0.2, -0.15) is 0 Å². The predicted molar refractivity (Wildman–Crippen MR) is 91.4 cm³/mol. The largest absolute Gasteiger partial charge is 0.294 e. The number of benzene rings is 2. The van der Waals surface area contributed by atoms with E-state index in [4.69, 9.17) is 23.2 Å². The summed E-state index contributed by atoms with van der Waals surface area (Å²) in [7, 11) is 0. The van der Waals surface area contributed by atoms with E-state index < -0.39 is 11.8 Å². The van der Waals surface area contributed by atoms with E-state index in [0.29, 0.717) is 21.8 Å². The van der Waals surface area contributed by atoms with Gasteiger partial charge in [-0.05, 0) is 30.3 Å². The Morgan fingerprint density at radius 1 is 1.00 bits per heavy atom. The summed E-state index contributed by atoms with van der Waals surface area (Å²) in [6, 6.07) is 11.2. The van der Waals surface area contributed by atoms with Gasteiger partial charge in [0, 0.05) is 12.6 Å². The Labute approximate surface area is 148 Å². The third-order valence-electron chi connectivity index (χ3n) is 3.76. The maximum Gasteiger partial charge on any atom is 0.263 e. The molecule has 24 heavy (non-hydrogen) atoms. The van der Waals surface area contributed by atoms with Gasteiger partial charge in [-0.25, -0.2) is 0 Å². The lowest BCUT2D eigenvalue weighted by Gasteiger charge is -2.26. The SMILES string of the molecule is CC(=O)N(CN1C(=O)c2ccccc2C1=O)c1ccc(Cl)c(Cl)c1. The molecule has 2 aromatic carbocycles. The van der Waals surface area contributed by atoms with Gasteiger partial charge in [0.1, 0.15) is 6.67 Å². The van der Waals surface area contributed by atoms with Crippen LogP contribution in [-0.2, 0) is 4.79 Å². The number of hydrogen-bond acceptors (Lipinski definition) is 3. The quantitative estimate of drug-likeness (QED) is 0.783. The lowest BCUT2D eigenvalue weighted by atomic mass is 10.1. The maximum atomic E-state index is 12.4. The summed E-state index contributed by atoms with van der Waals surface area (Å²) in [6.07, 6.45) is 0. The van der Waals surface area contributed by atoms with Gasteiger partial charge < -0.3 is 0 Å². The lowest BCUT2D eigenvalue weighted by molar-refractivity contribution is -0.116. The summed E-state index contributed by atoms with van der Waals surface area (Å²) in [5.41, 5.74) is 1.12. The number of carbonyl (C=O) groups excluding carboxylic acids is 3. The maximum absolute atomic E-state index is 12.4. The zero-order valence-corrected chi connectivity index (χ0v) is 14.1. The average Bonchev–Trinajstić information content (AvgIpc) is 2.80. The Bertz CT molecular complexity index is 832. The van der Waals surface area contributed by atoms with Crippen LogP contribution in [0.25, 0.3) is 0 Å². The Morgan fingerprint density at radius 2 is 1.58 bits per heavy atom.